The van der Waals surface area contributed by atoms with Crippen molar-refractivity contribution in [3.05, 3.63) is 136 Å². The summed E-state index contributed by atoms with van der Waals surface area (Å²) < 4.78 is 218. The third-order valence-corrected chi connectivity index (χ3v) is 17.0. The molecular formula is C43H24Cl2N12Na6O20S6. The number of aromatic nitrogens is 6. The summed E-state index contributed by atoms with van der Waals surface area (Å²) in [7, 11) is -32.9. The van der Waals surface area contributed by atoms with Crippen LogP contribution in [0.4, 0.5) is 28.4 Å². The van der Waals surface area contributed by atoms with Crippen LogP contribution in [0.1, 0.15) is 5.56 Å². The SMILES string of the molecule is O=S(=O)([O-])c1cc([O-])c2ccc(N=c3[nH]c(Cl)nc(=NCc4cccc(N=c5nc(Cl)[nH]c(=Nc6ccc7c([O-])c(N=Nc8ccc9c(S(=O)(=O)[O-])cccc9c8S(=O)(=O)[O-])c(S(=O)(=O)[O-])cc7c6S(=O)(=O)O)[nH]5)c4)[nH]3)c(S(=O)(=O)O)c2c1.[Na+].[Na+].[Na+].[Na+].[Na+].[Na+]. The van der Waals surface area contributed by atoms with E-state index >= 15 is 0 Å². The molecule has 2 aromatic heterocycles. The average molecular weight is 1430 g/mol. The summed E-state index contributed by atoms with van der Waals surface area (Å²) in [5.74, 6) is -2.60. The number of H-pyrrole nitrogens is 4. The maximum Gasteiger partial charge on any atom is 1.00 e. The van der Waals surface area contributed by atoms with E-state index in [-0.39, 0.29) is 217 Å². The molecule has 7 aromatic carbocycles. The number of rotatable bonds is 13. The Hall–Kier alpha value is -2.22. The molecule has 0 aliphatic heterocycles. The van der Waals surface area contributed by atoms with Crippen LogP contribution in [0, 0.1) is 0 Å². The van der Waals surface area contributed by atoms with Crippen LogP contribution in [0.15, 0.2) is 157 Å². The van der Waals surface area contributed by atoms with Crippen molar-refractivity contribution in [2.24, 2.45) is 30.2 Å². The van der Waals surface area contributed by atoms with E-state index in [1.807, 2.05) is 0 Å². The molecule has 6 N–H and O–H groups in total. The number of fused-ring (bicyclic) bond motifs is 3. The monoisotopic (exact) mass is 1430 g/mol. The fourth-order valence-electron chi connectivity index (χ4n) is 8.07. The Labute approximate surface area is 643 Å². The summed E-state index contributed by atoms with van der Waals surface area (Å²) in [5, 5.41) is 28.8. The van der Waals surface area contributed by atoms with E-state index < -0.39 is 162 Å². The van der Waals surface area contributed by atoms with Crippen LogP contribution >= 0.6 is 23.2 Å². The number of azo groups is 1. The zero-order valence-electron chi connectivity index (χ0n) is 46.0. The molecule has 0 bridgehead atoms. The standard InChI is InChI=1S/C43H30Cl2N12O20S6.6Na/c44-38-50-40(54-42(52-38)48-27-10-7-21-25(36(27)82(72,73)74)14-20(15-30(21)58)78(60,61)62)46-17-18-3-1-4-19(13-18)47-41-51-39(45)53-43(55-41)49-28-11-9-23-26(37(28)83(75,76)77)16-32(80(66,67)68)33(34(23)59)57-56-29-12-8-22-24(35(29)81(69,70)71)5-2-6-31(22)79(63,64)65;;;;;;/h1-16,58-59H,17H2,(H,60,61,62)(H,63,64,65)(H,66,67,68)(H,69,70,71)(H,72,73,74)(H,75,76,77)(H2,46,48,50,52,54)(H2,47,49,51,53,55);;;;;;/q;6*+1/p-6. The Morgan fingerprint density at radius 3 is 1.51 bits per heavy atom. The number of hydrogen-bond acceptors (Lipinski definition) is 26. The van der Waals surface area contributed by atoms with Crippen LogP contribution < -0.4 is 210 Å². The smallest absolute Gasteiger partial charge is 0.872 e. The van der Waals surface area contributed by atoms with E-state index in [1.165, 1.54) is 18.2 Å². The van der Waals surface area contributed by atoms with Gasteiger partial charge in [-0.15, -0.1) is 10.2 Å². The number of nitrogens with zero attached hydrogens (tertiary/aromatic N) is 8. The van der Waals surface area contributed by atoms with Gasteiger partial charge in [0.25, 0.3) is 20.2 Å². The molecule has 0 spiro atoms. The fourth-order valence-corrected chi connectivity index (χ4v) is 12.7. The first kappa shape index (κ1) is 81.0. The van der Waals surface area contributed by atoms with Gasteiger partial charge >= 0.3 is 177 Å². The van der Waals surface area contributed by atoms with Crippen molar-refractivity contribution >= 4 is 145 Å². The molecule has 0 amide bonds. The first-order valence-electron chi connectivity index (χ1n) is 21.8. The molecule has 0 saturated heterocycles. The summed E-state index contributed by atoms with van der Waals surface area (Å²) in [6, 6.07) is 15.4. The van der Waals surface area contributed by atoms with Crippen LogP contribution in [0.3, 0.4) is 0 Å². The summed E-state index contributed by atoms with van der Waals surface area (Å²) in [6.07, 6.45) is 0. The van der Waals surface area contributed by atoms with Crippen molar-refractivity contribution in [2.45, 2.75) is 35.9 Å². The van der Waals surface area contributed by atoms with Gasteiger partial charge in [0.05, 0.1) is 48.9 Å². The number of aromatic amines is 4. The van der Waals surface area contributed by atoms with Crippen molar-refractivity contribution in [3.63, 3.8) is 0 Å². The molecule has 0 unspecified atom stereocenters. The van der Waals surface area contributed by atoms with Gasteiger partial charge in [0, 0.05) is 21.5 Å². The van der Waals surface area contributed by atoms with Gasteiger partial charge in [0.15, 0.2) is 0 Å². The molecule has 32 nitrogen and oxygen atoms in total. The zero-order valence-corrected chi connectivity index (χ0v) is 64.4. The molecule has 0 saturated carbocycles. The van der Waals surface area contributed by atoms with Gasteiger partial charge < -0.3 is 38.4 Å². The molecular weight excluding hydrogens is 1410 g/mol. The molecule has 432 valence electrons. The Balaban J connectivity index is 0.00000345. The Bertz CT molecular complexity index is 5420. The van der Waals surface area contributed by atoms with E-state index in [2.05, 4.69) is 60.1 Å². The van der Waals surface area contributed by atoms with Crippen molar-refractivity contribution in [1.82, 2.24) is 29.9 Å². The van der Waals surface area contributed by atoms with Crippen molar-refractivity contribution in [2.75, 3.05) is 0 Å². The average Bonchev–Trinajstić information content (AvgIpc) is 0.828. The van der Waals surface area contributed by atoms with Gasteiger partial charge in [0.2, 0.25) is 33.0 Å². The van der Waals surface area contributed by atoms with Crippen LogP contribution in [0.5, 0.6) is 11.5 Å². The minimum atomic E-state index is -5.89. The second-order valence-corrected chi connectivity index (χ2v) is 25.5. The van der Waals surface area contributed by atoms with Crippen molar-refractivity contribution in [3.8, 4) is 11.5 Å². The minimum Gasteiger partial charge on any atom is -0.872 e. The minimum absolute atomic E-state index is 0. The molecule has 46 heteroatoms. The molecule has 0 aliphatic rings. The predicted molar refractivity (Wildman–Crippen MR) is 274 cm³/mol. The number of halogens is 2. The third-order valence-electron chi connectivity index (χ3n) is 11.3. The Kier molecular flexibility index (Phi) is 28.3. The first-order chi connectivity index (χ1) is 38.5. The Morgan fingerprint density at radius 1 is 0.461 bits per heavy atom. The van der Waals surface area contributed by atoms with Gasteiger partial charge in [-0.1, -0.05) is 60.0 Å². The van der Waals surface area contributed by atoms with E-state index in [9.17, 15) is 88.0 Å². The van der Waals surface area contributed by atoms with E-state index in [4.69, 9.17) is 23.2 Å². The molecule has 9 rings (SSSR count). The number of benzene rings is 7. The Morgan fingerprint density at radius 2 is 0.966 bits per heavy atom. The number of nitrogens with one attached hydrogen (secondary N) is 4. The van der Waals surface area contributed by atoms with E-state index in [0.29, 0.717) is 29.8 Å². The normalized spacial score (nSPS) is 13.1. The van der Waals surface area contributed by atoms with Gasteiger partial charge in [-0.2, -0.15) is 26.8 Å². The van der Waals surface area contributed by atoms with E-state index in [0.717, 1.165) is 48.5 Å². The maximum absolute atomic E-state index is 13.9. The largest absolute Gasteiger partial charge is 1.00 e. The quantitative estimate of drug-likeness (QED) is 0.0355. The van der Waals surface area contributed by atoms with Crippen LogP contribution in [0.2, 0.25) is 10.6 Å². The van der Waals surface area contributed by atoms with Crippen LogP contribution in [-0.4, -0.2) is 108 Å². The molecule has 0 atom stereocenters. The number of hydrogen-bond donors (Lipinski definition) is 6. The fraction of sp³-hybridized carbons (Fsp3) is 0.0233. The molecule has 2 heterocycles. The summed E-state index contributed by atoms with van der Waals surface area (Å²) in [4.78, 5) is 27.9. The van der Waals surface area contributed by atoms with Gasteiger partial charge in [-0.3, -0.25) is 19.1 Å². The maximum atomic E-state index is 13.9. The van der Waals surface area contributed by atoms with Crippen LogP contribution in [0.25, 0.3) is 32.3 Å². The van der Waals surface area contributed by atoms with Crippen molar-refractivity contribution < 1.29 is 265 Å². The molecule has 89 heavy (non-hydrogen) atoms. The predicted octanol–water partition coefficient (Wildman–Crippen LogP) is -16.0. The molecule has 0 fully saturated rings. The van der Waals surface area contributed by atoms with Gasteiger partial charge in [-0.25, -0.2) is 53.6 Å². The zero-order chi connectivity index (χ0) is 60.5. The summed E-state index contributed by atoms with van der Waals surface area (Å²) in [6.45, 7) is -0.193. The topological polar surface area (TPSA) is 547 Å². The van der Waals surface area contributed by atoms with E-state index in [1.54, 1.807) is 6.07 Å². The first-order valence-corrected chi connectivity index (χ1v) is 31.1. The van der Waals surface area contributed by atoms with Gasteiger partial charge in [-0.05, 0) is 88.1 Å². The molecule has 0 radical (unpaired) electrons. The van der Waals surface area contributed by atoms with Crippen LogP contribution in [-0.2, 0) is 67.3 Å². The third kappa shape index (κ3) is 18.8. The van der Waals surface area contributed by atoms with Crippen molar-refractivity contribution in [1.29, 1.82) is 0 Å². The molecule has 0 aliphatic carbocycles. The summed E-state index contributed by atoms with van der Waals surface area (Å²) in [5.41, 5.74) is -4.39. The molecule has 9 aromatic rings. The van der Waals surface area contributed by atoms with Gasteiger partial charge in [0.1, 0.15) is 56.0 Å². The second-order valence-electron chi connectivity index (χ2n) is 16.7. The summed E-state index contributed by atoms with van der Waals surface area (Å²) >= 11 is 12.4. The second kappa shape index (κ2) is 31.1.